The third kappa shape index (κ3) is 4.50. The number of hydrogen-bond donors (Lipinski definition) is 2. The summed E-state index contributed by atoms with van der Waals surface area (Å²) in [7, 11) is -3.09. The first-order chi connectivity index (χ1) is 8.16. The Morgan fingerprint density at radius 1 is 1.28 bits per heavy atom. The summed E-state index contributed by atoms with van der Waals surface area (Å²) in [5.74, 6) is 0.100. The molecule has 0 aliphatic carbocycles. The minimum Gasteiger partial charge on any atom is -0.388 e. The molecule has 108 valence electrons. The molecule has 0 unspecified atom stereocenters. The molecule has 0 saturated carbocycles. The molecule has 1 saturated heterocycles. The van der Waals surface area contributed by atoms with Gasteiger partial charge in [0.1, 0.15) is 0 Å². The Kier molecular flexibility index (Phi) is 5.17. The van der Waals surface area contributed by atoms with Gasteiger partial charge in [0.25, 0.3) is 0 Å². The van der Waals surface area contributed by atoms with E-state index in [4.69, 9.17) is 4.74 Å². The molecule has 0 radical (unpaired) electrons. The molecule has 2 N–H and O–H groups in total. The quantitative estimate of drug-likeness (QED) is 0.709. The van der Waals surface area contributed by atoms with Crippen LogP contribution in [0.3, 0.4) is 0 Å². The summed E-state index contributed by atoms with van der Waals surface area (Å²) in [5, 5.41) is 13.2. The fourth-order valence-corrected chi connectivity index (χ4v) is 2.79. The smallest absolute Gasteiger partial charge is 0.156 e. The molecule has 1 aliphatic rings. The standard InChI is InChI=1S/C12H25NO4S/c1-11(2,3)18(15,16)9-6-13-10-12(14)4-7-17-8-5-12/h13-14H,4-10H2,1-3H3. The van der Waals surface area contributed by atoms with Gasteiger partial charge in [-0.1, -0.05) is 0 Å². The normalized spacial score (nSPS) is 20.9. The van der Waals surface area contributed by atoms with Gasteiger partial charge in [-0.2, -0.15) is 0 Å². The maximum Gasteiger partial charge on any atom is 0.156 e. The minimum atomic E-state index is -3.09. The topological polar surface area (TPSA) is 75.6 Å². The van der Waals surface area contributed by atoms with Crippen LogP contribution in [-0.4, -0.2) is 55.9 Å². The van der Waals surface area contributed by atoms with Crippen LogP contribution < -0.4 is 5.32 Å². The van der Waals surface area contributed by atoms with Crippen molar-refractivity contribution >= 4 is 9.84 Å². The largest absolute Gasteiger partial charge is 0.388 e. The summed E-state index contributed by atoms with van der Waals surface area (Å²) < 4.78 is 28.2. The second kappa shape index (κ2) is 5.86. The third-order valence-corrected chi connectivity index (χ3v) is 5.97. The van der Waals surface area contributed by atoms with Crippen LogP contribution in [0.4, 0.5) is 0 Å². The zero-order valence-electron chi connectivity index (χ0n) is 11.5. The number of sulfone groups is 1. The first kappa shape index (κ1) is 15.9. The molecular weight excluding hydrogens is 254 g/mol. The Bertz CT molecular complexity index is 353. The highest BCUT2D eigenvalue weighted by molar-refractivity contribution is 7.92. The van der Waals surface area contributed by atoms with Gasteiger partial charge in [0.2, 0.25) is 0 Å². The lowest BCUT2D eigenvalue weighted by Gasteiger charge is -2.32. The second-order valence-corrected chi connectivity index (χ2v) is 8.81. The lowest BCUT2D eigenvalue weighted by atomic mass is 9.94. The van der Waals surface area contributed by atoms with Gasteiger partial charge in [0, 0.05) is 39.1 Å². The minimum absolute atomic E-state index is 0.100. The molecular formula is C12H25NO4S. The van der Waals surface area contributed by atoms with E-state index in [2.05, 4.69) is 5.32 Å². The van der Waals surface area contributed by atoms with E-state index in [1.54, 1.807) is 20.8 Å². The van der Waals surface area contributed by atoms with E-state index in [-0.39, 0.29) is 5.75 Å². The van der Waals surface area contributed by atoms with Gasteiger partial charge in [-0.15, -0.1) is 0 Å². The van der Waals surface area contributed by atoms with Crippen LogP contribution in [0.25, 0.3) is 0 Å². The maximum atomic E-state index is 11.9. The van der Waals surface area contributed by atoms with E-state index in [1.165, 1.54) is 0 Å². The summed E-state index contributed by atoms with van der Waals surface area (Å²) in [6.07, 6.45) is 1.21. The molecule has 0 aromatic rings. The van der Waals surface area contributed by atoms with Crippen molar-refractivity contribution < 1.29 is 18.3 Å². The highest BCUT2D eigenvalue weighted by Crippen LogP contribution is 2.19. The van der Waals surface area contributed by atoms with E-state index in [1.807, 2.05) is 0 Å². The Morgan fingerprint density at radius 3 is 2.33 bits per heavy atom. The SMILES string of the molecule is CC(C)(C)S(=O)(=O)CCNCC1(O)CCOCC1. The first-order valence-electron chi connectivity index (χ1n) is 6.39. The van der Waals surface area contributed by atoms with Gasteiger partial charge in [0.05, 0.1) is 16.1 Å². The number of rotatable bonds is 5. The van der Waals surface area contributed by atoms with Crippen molar-refractivity contribution in [1.29, 1.82) is 0 Å². The van der Waals surface area contributed by atoms with Gasteiger partial charge in [-0.05, 0) is 20.8 Å². The molecule has 6 heteroatoms. The summed E-state index contributed by atoms with van der Waals surface area (Å²) >= 11 is 0. The van der Waals surface area contributed by atoms with Crippen molar-refractivity contribution in [2.24, 2.45) is 0 Å². The van der Waals surface area contributed by atoms with Crippen LogP contribution in [0.1, 0.15) is 33.6 Å². The van der Waals surface area contributed by atoms with Crippen LogP contribution in [-0.2, 0) is 14.6 Å². The van der Waals surface area contributed by atoms with Crippen molar-refractivity contribution in [2.75, 3.05) is 32.1 Å². The fourth-order valence-electron chi connectivity index (χ4n) is 1.76. The van der Waals surface area contributed by atoms with Crippen molar-refractivity contribution in [1.82, 2.24) is 5.32 Å². The van der Waals surface area contributed by atoms with Crippen LogP contribution in [0.2, 0.25) is 0 Å². The molecule has 18 heavy (non-hydrogen) atoms. The van der Waals surface area contributed by atoms with Crippen LogP contribution in [0.5, 0.6) is 0 Å². The van der Waals surface area contributed by atoms with Crippen LogP contribution >= 0.6 is 0 Å². The molecule has 0 aromatic carbocycles. The van der Waals surface area contributed by atoms with Crippen molar-refractivity contribution in [2.45, 2.75) is 44.0 Å². The molecule has 0 bridgehead atoms. The van der Waals surface area contributed by atoms with E-state index in [0.717, 1.165) is 0 Å². The highest BCUT2D eigenvalue weighted by atomic mass is 32.2. The highest BCUT2D eigenvalue weighted by Gasteiger charge is 2.31. The monoisotopic (exact) mass is 279 g/mol. The molecule has 0 amide bonds. The molecule has 0 aromatic heterocycles. The summed E-state index contributed by atoms with van der Waals surface area (Å²) in [6, 6.07) is 0. The number of nitrogens with one attached hydrogen (secondary N) is 1. The second-order valence-electron chi connectivity index (χ2n) is 5.94. The van der Waals surface area contributed by atoms with Crippen LogP contribution in [0, 0.1) is 0 Å². The summed E-state index contributed by atoms with van der Waals surface area (Å²) in [5.41, 5.74) is -0.746. The molecule has 0 atom stereocenters. The van der Waals surface area contributed by atoms with E-state index in [0.29, 0.717) is 39.1 Å². The van der Waals surface area contributed by atoms with Gasteiger partial charge in [0.15, 0.2) is 9.84 Å². The zero-order chi connectivity index (χ0) is 13.9. The van der Waals surface area contributed by atoms with E-state index >= 15 is 0 Å². The molecule has 1 fully saturated rings. The summed E-state index contributed by atoms with van der Waals surface area (Å²) in [4.78, 5) is 0. The molecule has 0 spiro atoms. The van der Waals surface area contributed by atoms with Crippen molar-refractivity contribution in [3.63, 3.8) is 0 Å². The third-order valence-electron chi connectivity index (χ3n) is 3.36. The molecule has 1 heterocycles. The van der Waals surface area contributed by atoms with Crippen molar-refractivity contribution in [3.05, 3.63) is 0 Å². The predicted octanol–water partition coefficient (Wildman–Crippen LogP) is 0.331. The Hall–Kier alpha value is -0.170. The Labute approximate surface area is 110 Å². The van der Waals surface area contributed by atoms with E-state index in [9.17, 15) is 13.5 Å². The number of aliphatic hydroxyl groups is 1. The average molecular weight is 279 g/mol. The maximum absolute atomic E-state index is 11.9. The van der Waals surface area contributed by atoms with E-state index < -0.39 is 20.2 Å². The molecule has 1 rings (SSSR count). The lowest BCUT2D eigenvalue weighted by molar-refractivity contribution is -0.0612. The lowest BCUT2D eigenvalue weighted by Crippen LogP contribution is -2.46. The Morgan fingerprint density at radius 2 is 1.83 bits per heavy atom. The number of hydrogen-bond acceptors (Lipinski definition) is 5. The summed E-state index contributed by atoms with van der Waals surface area (Å²) in [6.45, 7) is 7.05. The number of ether oxygens (including phenoxy) is 1. The van der Waals surface area contributed by atoms with Gasteiger partial charge in [-0.3, -0.25) is 0 Å². The Balaban J connectivity index is 2.31. The predicted molar refractivity (Wildman–Crippen MR) is 71.4 cm³/mol. The zero-order valence-corrected chi connectivity index (χ0v) is 12.3. The fraction of sp³-hybridized carbons (Fsp3) is 1.00. The molecule has 1 aliphatic heterocycles. The average Bonchev–Trinajstić information content (AvgIpc) is 2.24. The first-order valence-corrected chi connectivity index (χ1v) is 8.05. The van der Waals surface area contributed by atoms with Crippen molar-refractivity contribution in [3.8, 4) is 0 Å². The van der Waals surface area contributed by atoms with Gasteiger partial charge in [-0.25, -0.2) is 8.42 Å². The molecule has 5 nitrogen and oxygen atoms in total. The van der Waals surface area contributed by atoms with Gasteiger partial charge < -0.3 is 15.2 Å². The van der Waals surface area contributed by atoms with Gasteiger partial charge >= 0.3 is 0 Å². The van der Waals surface area contributed by atoms with Crippen LogP contribution in [0.15, 0.2) is 0 Å².